The summed E-state index contributed by atoms with van der Waals surface area (Å²) in [4.78, 5) is 20.9. The van der Waals surface area contributed by atoms with Gasteiger partial charge >= 0.3 is 5.97 Å². The van der Waals surface area contributed by atoms with Gasteiger partial charge in [0.2, 0.25) is 0 Å². The van der Waals surface area contributed by atoms with Crippen molar-refractivity contribution in [3.8, 4) is 0 Å². The number of nitrogens with zero attached hydrogens (tertiary/aromatic N) is 2. The Morgan fingerprint density at radius 3 is 2.50 bits per heavy atom. The second-order valence-electron chi connectivity index (χ2n) is 6.54. The third kappa shape index (κ3) is 5.81. The largest absolute Gasteiger partial charge is 0.458 e. The number of halogens is 1. The Hall–Kier alpha value is -2.14. The van der Waals surface area contributed by atoms with Crippen LogP contribution in [0.1, 0.15) is 32.2 Å². The van der Waals surface area contributed by atoms with Gasteiger partial charge in [0, 0.05) is 12.5 Å². The summed E-state index contributed by atoms with van der Waals surface area (Å²) < 4.78 is 5.53. The van der Waals surface area contributed by atoms with E-state index >= 15 is 0 Å². The first-order valence-corrected chi connectivity index (χ1v) is 8.15. The van der Waals surface area contributed by atoms with Crippen LogP contribution in [-0.2, 0) is 16.0 Å². The Morgan fingerprint density at radius 2 is 1.92 bits per heavy atom. The minimum atomic E-state index is -0.572. The van der Waals surface area contributed by atoms with Gasteiger partial charge in [0.05, 0.1) is 0 Å². The molecule has 0 saturated heterocycles. The number of nitrogens with one attached hydrogen (secondary N) is 1. The molecule has 1 aromatic heterocycles. The van der Waals surface area contributed by atoms with Crippen LogP contribution >= 0.6 is 11.6 Å². The number of ether oxygens (including phenoxy) is 1. The second kappa shape index (κ2) is 7.62. The van der Waals surface area contributed by atoms with E-state index in [1.54, 1.807) is 13.0 Å². The molecule has 0 bridgehead atoms. The first-order valence-electron chi connectivity index (χ1n) is 7.77. The van der Waals surface area contributed by atoms with Crippen molar-refractivity contribution >= 4 is 23.4 Å². The normalized spacial score (nSPS) is 12.5. The van der Waals surface area contributed by atoms with Crippen molar-refractivity contribution in [1.29, 1.82) is 0 Å². The van der Waals surface area contributed by atoms with E-state index in [1.165, 1.54) is 0 Å². The van der Waals surface area contributed by atoms with E-state index in [2.05, 4.69) is 15.3 Å². The number of hydrogen-bond donors (Lipinski definition) is 1. The van der Waals surface area contributed by atoms with Crippen molar-refractivity contribution in [3.05, 3.63) is 52.9 Å². The lowest BCUT2D eigenvalue weighted by Gasteiger charge is -2.25. The molecule has 24 heavy (non-hydrogen) atoms. The zero-order chi connectivity index (χ0) is 17.7. The minimum Gasteiger partial charge on any atom is -0.458 e. The van der Waals surface area contributed by atoms with Gasteiger partial charge in [-0.2, -0.15) is 0 Å². The highest BCUT2D eigenvalue weighted by Crippen LogP contribution is 2.17. The zero-order valence-corrected chi connectivity index (χ0v) is 15.1. The monoisotopic (exact) mass is 347 g/mol. The molecular weight excluding hydrogens is 326 g/mol. The van der Waals surface area contributed by atoms with Crippen LogP contribution in [0.25, 0.3) is 0 Å². The predicted molar refractivity (Wildman–Crippen MR) is 95.2 cm³/mol. The van der Waals surface area contributed by atoms with Crippen LogP contribution in [0.15, 0.2) is 36.4 Å². The lowest BCUT2D eigenvalue weighted by Crippen LogP contribution is -2.38. The van der Waals surface area contributed by atoms with Crippen molar-refractivity contribution in [2.45, 2.75) is 45.8 Å². The highest BCUT2D eigenvalue weighted by molar-refractivity contribution is 6.29. The number of aromatic nitrogens is 2. The van der Waals surface area contributed by atoms with Crippen LogP contribution in [0.4, 0.5) is 5.82 Å². The highest BCUT2D eigenvalue weighted by Gasteiger charge is 2.26. The standard InChI is InChI=1S/C18H22ClN3O2/c1-12-20-15(19)11-16(21-12)22-14(17(23)24-18(2,3)4)10-13-8-6-5-7-9-13/h5-9,11,14H,10H2,1-4H3,(H,20,21,22). The topological polar surface area (TPSA) is 64.1 Å². The van der Waals surface area contributed by atoms with Crippen LogP contribution in [0.5, 0.6) is 0 Å². The Bertz CT molecular complexity index is 679. The van der Waals surface area contributed by atoms with E-state index in [1.807, 2.05) is 51.1 Å². The van der Waals surface area contributed by atoms with Gasteiger partial charge in [-0.1, -0.05) is 41.9 Å². The first-order chi connectivity index (χ1) is 11.2. The number of hydrogen-bond acceptors (Lipinski definition) is 5. The molecule has 5 nitrogen and oxygen atoms in total. The molecule has 1 N–H and O–H groups in total. The van der Waals surface area contributed by atoms with Crippen molar-refractivity contribution in [2.75, 3.05) is 5.32 Å². The van der Waals surface area contributed by atoms with Crippen molar-refractivity contribution in [3.63, 3.8) is 0 Å². The molecule has 128 valence electrons. The Balaban J connectivity index is 2.22. The molecule has 0 amide bonds. The predicted octanol–water partition coefficient (Wildman–Crippen LogP) is 3.80. The molecule has 0 aliphatic heterocycles. The summed E-state index contributed by atoms with van der Waals surface area (Å²) in [5.41, 5.74) is 0.463. The molecular formula is C18H22ClN3O2. The van der Waals surface area contributed by atoms with Crippen molar-refractivity contribution in [1.82, 2.24) is 9.97 Å². The molecule has 0 radical (unpaired) electrons. The van der Waals surface area contributed by atoms with Crippen LogP contribution < -0.4 is 5.32 Å². The molecule has 0 aliphatic carbocycles. The number of carbonyl (C=O) groups excluding carboxylic acids is 1. The quantitative estimate of drug-likeness (QED) is 0.658. The molecule has 0 saturated carbocycles. The van der Waals surface area contributed by atoms with Crippen LogP contribution in [-0.4, -0.2) is 27.6 Å². The van der Waals surface area contributed by atoms with Gasteiger partial charge in [-0.15, -0.1) is 0 Å². The smallest absolute Gasteiger partial charge is 0.329 e. The Kier molecular flexibility index (Phi) is 5.78. The maximum absolute atomic E-state index is 12.6. The van der Waals surface area contributed by atoms with Crippen molar-refractivity contribution < 1.29 is 9.53 Å². The molecule has 6 heteroatoms. The summed E-state index contributed by atoms with van der Waals surface area (Å²) in [6, 6.07) is 10.8. The Labute approximate surface area is 147 Å². The summed E-state index contributed by atoms with van der Waals surface area (Å²) >= 11 is 5.97. The highest BCUT2D eigenvalue weighted by atomic mass is 35.5. The van der Waals surface area contributed by atoms with Gasteiger partial charge in [0.1, 0.15) is 28.4 Å². The van der Waals surface area contributed by atoms with Crippen LogP contribution in [0.2, 0.25) is 5.15 Å². The molecule has 0 aliphatic rings. The molecule has 1 atom stereocenters. The van der Waals surface area contributed by atoms with Crippen molar-refractivity contribution in [2.24, 2.45) is 0 Å². The lowest BCUT2D eigenvalue weighted by atomic mass is 10.1. The number of aryl methyl sites for hydroxylation is 1. The molecule has 1 unspecified atom stereocenters. The molecule has 2 rings (SSSR count). The summed E-state index contributed by atoms with van der Waals surface area (Å²) in [6.45, 7) is 7.28. The fourth-order valence-corrected chi connectivity index (χ4v) is 2.43. The molecule has 0 fully saturated rings. The fourth-order valence-electron chi connectivity index (χ4n) is 2.20. The molecule has 2 aromatic rings. The Morgan fingerprint density at radius 1 is 1.25 bits per heavy atom. The maximum Gasteiger partial charge on any atom is 0.329 e. The number of carbonyl (C=O) groups is 1. The summed E-state index contributed by atoms with van der Waals surface area (Å²) in [5, 5.41) is 3.45. The van der Waals surface area contributed by atoms with Gasteiger partial charge in [-0.05, 0) is 33.3 Å². The third-order valence-electron chi connectivity index (χ3n) is 3.10. The minimum absolute atomic E-state index is 0.327. The molecule has 1 heterocycles. The summed E-state index contributed by atoms with van der Waals surface area (Å²) in [6.07, 6.45) is 0.483. The van der Waals surface area contributed by atoms with E-state index in [-0.39, 0.29) is 5.97 Å². The average Bonchev–Trinajstić information content (AvgIpc) is 2.45. The second-order valence-corrected chi connectivity index (χ2v) is 6.93. The van der Waals surface area contributed by atoms with Gasteiger partial charge in [-0.25, -0.2) is 14.8 Å². The number of anilines is 1. The van der Waals surface area contributed by atoms with E-state index in [0.717, 1.165) is 5.56 Å². The van der Waals surface area contributed by atoms with Gasteiger partial charge in [-0.3, -0.25) is 0 Å². The van der Waals surface area contributed by atoms with E-state index in [0.29, 0.717) is 23.2 Å². The van der Waals surface area contributed by atoms with Crippen LogP contribution in [0.3, 0.4) is 0 Å². The molecule has 0 spiro atoms. The average molecular weight is 348 g/mol. The summed E-state index contributed by atoms with van der Waals surface area (Å²) in [5.74, 6) is 0.700. The van der Waals surface area contributed by atoms with Gasteiger partial charge in [0.25, 0.3) is 0 Å². The number of esters is 1. The SMILES string of the molecule is Cc1nc(Cl)cc(NC(Cc2ccccc2)C(=O)OC(C)(C)C)n1. The zero-order valence-electron chi connectivity index (χ0n) is 14.3. The van der Waals surface area contributed by atoms with E-state index < -0.39 is 11.6 Å². The fraction of sp³-hybridized carbons (Fsp3) is 0.389. The number of benzene rings is 1. The third-order valence-corrected chi connectivity index (χ3v) is 3.30. The lowest BCUT2D eigenvalue weighted by molar-refractivity contribution is -0.155. The maximum atomic E-state index is 12.6. The molecule has 1 aromatic carbocycles. The van der Waals surface area contributed by atoms with Crippen LogP contribution in [0, 0.1) is 6.92 Å². The summed E-state index contributed by atoms with van der Waals surface area (Å²) in [7, 11) is 0. The van der Waals surface area contributed by atoms with E-state index in [4.69, 9.17) is 16.3 Å². The van der Waals surface area contributed by atoms with Gasteiger partial charge in [0.15, 0.2) is 0 Å². The number of rotatable bonds is 5. The van der Waals surface area contributed by atoms with E-state index in [9.17, 15) is 4.79 Å². The van der Waals surface area contributed by atoms with Gasteiger partial charge < -0.3 is 10.1 Å². The first kappa shape index (κ1) is 18.2.